The molecule has 1 aromatic carbocycles. The van der Waals surface area contributed by atoms with Crippen molar-refractivity contribution in [3.8, 4) is 11.4 Å². The Balaban J connectivity index is 1.31. The van der Waals surface area contributed by atoms with Crippen LogP contribution in [0.25, 0.3) is 11.4 Å². The van der Waals surface area contributed by atoms with Crippen LogP contribution in [0.15, 0.2) is 28.8 Å². The Bertz CT molecular complexity index is 853. The van der Waals surface area contributed by atoms with E-state index in [-0.39, 0.29) is 23.2 Å². The highest BCUT2D eigenvalue weighted by Crippen LogP contribution is 2.33. The van der Waals surface area contributed by atoms with Gasteiger partial charge in [-0.05, 0) is 24.5 Å². The summed E-state index contributed by atoms with van der Waals surface area (Å²) in [6.45, 7) is 1.04. The molecule has 0 radical (unpaired) electrons. The predicted molar refractivity (Wildman–Crippen MR) is 99.9 cm³/mol. The van der Waals surface area contributed by atoms with Gasteiger partial charge in [-0.25, -0.2) is 0 Å². The van der Waals surface area contributed by atoms with Crippen LogP contribution < -0.4 is 0 Å². The first-order valence-corrected chi connectivity index (χ1v) is 10.2. The normalized spacial score (nSPS) is 18.7. The van der Waals surface area contributed by atoms with Gasteiger partial charge in [0.2, 0.25) is 17.6 Å². The fraction of sp³-hybridized carbons (Fsp3) is 0.571. The van der Waals surface area contributed by atoms with Crippen molar-refractivity contribution in [1.82, 2.24) is 15.0 Å². The minimum Gasteiger partial charge on any atom is -0.341 e. The minimum absolute atomic E-state index is 0.0549. The Hall–Kier alpha value is -2.38. The summed E-state index contributed by atoms with van der Waals surface area (Å²) in [5, 5.41) is 3.82. The number of hydrogen-bond donors (Lipinski definition) is 0. The molecule has 29 heavy (non-hydrogen) atoms. The second-order valence-corrected chi connectivity index (χ2v) is 8.07. The molecule has 0 spiro atoms. The molecule has 156 valence electrons. The van der Waals surface area contributed by atoms with Gasteiger partial charge in [-0.3, -0.25) is 4.79 Å². The molecule has 5 nitrogen and oxygen atoms in total. The van der Waals surface area contributed by atoms with Crippen molar-refractivity contribution in [3.63, 3.8) is 0 Å². The molecular formula is C21H24F3N3O2. The molecule has 8 heteroatoms. The van der Waals surface area contributed by atoms with Gasteiger partial charge in [0.15, 0.2) is 0 Å². The van der Waals surface area contributed by atoms with E-state index in [4.69, 9.17) is 4.52 Å². The first-order valence-electron chi connectivity index (χ1n) is 10.2. The van der Waals surface area contributed by atoms with Crippen molar-refractivity contribution >= 4 is 5.91 Å². The van der Waals surface area contributed by atoms with Gasteiger partial charge in [0.1, 0.15) is 0 Å². The van der Waals surface area contributed by atoms with Gasteiger partial charge in [-0.15, -0.1) is 0 Å². The van der Waals surface area contributed by atoms with E-state index < -0.39 is 11.7 Å². The largest absolute Gasteiger partial charge is 0.416 e. The Labute approximate surface area is 167 Å². The fourth-order valence-corrected chi connectivity index (χ4v) is 4.15. The molecule has 2 aromatic rings. The Morgan fingerprint density at radius 1 is 1.17 bits per heavy atom. The van der Waals surface area contributed by atoms with Crippen molar-refractivity contribution in [3.05, 3.63) is 35.7 Å². The van der Waals surface area contributed by atoms with Crippen LogP contribution in [-0.2, 0) is 11.0 Å². The van der Waals surface area contributed by atoms with Gasteiger partial charge in [0, 0.05) is 25.1 Å². The third-order valence-corrected chi connectivity index (χ3v) is 5.96. The maximum absolute atomic E-state index is 12.9. The van der Waals surface area contributed by atoms with Crippen molar-refractivity contribution in [2.45, 2.75) is 57.0 Å². The third-order valence-electron chi connectivity index (χ3n) is 5.96. The average Bonchev–Trinajstić information content (AvgIpc) is 3.15. The Morgan fingerprint density at radius 2 is 1.93 bits per heavy atom. The van der Waals surface area contributed by atoms with Crippen molar-refractivity contribution in [1.29, 1.82) is 0 Å². The second kappa shape index (κ2) is 8.16. The van der Waals surface area contributed by atoms with Gasteiger partial charge >= 0.3 is 6.18 Å². The molecule has 0 atom stereocenters. The topological polar surface area (TPSA) is 59.2 Å². The van der Waals surface area contributed by atoms with Crippen LogP contribution in [0.2, 0.25) is 0 Å². The molecule has 0 N–H and O–H groups in total. The minimum atomic E-state index is -4.42. The molecule has 2 fully saturated rings. The molecule has 1 amide bonds. The van der Waals surface area contributed by atoms with Crippen LogP contribution in [0.3, 0.4) is 0 Å². The zero-order valence-electron chi connectivity index (χ0n) is 16.1. The van der Waals surface area contributed by atoms with Crippen LogP contribution in [0.5, 0.6) is 0 Å². The molecule has 2 heterocycles. The highest BCUT2D eigenvalue weighted by Gasteiger charge is 2.36. The lowest BCUT2D eigenvalue weighted by Gasteiger charge is -2.37. The lowest BCUT2D eigenvalue weighted by Crippen LogP contribution is -2.48. The summed E-state index contributed by atoms with van der Waals surface area (Å²) in [4.78, 5) is 18.4. The summed E-state index contributed by atoms with van der Waals surface area (Å²) in [5.74, 6) is 1.28. The molecule has 1 aromatic heterocycles. The number of hydrogen-bond acceptors (Lipinski definition) is 4. The van der Waals surface area contributed by atoms with E-state index in [9.17, 15) is 18.0 Å². The number of benzene rings is 1. The van der Waals surface area contributed by atoms with Crippen LogP contribution in [0.4, 0.5) is 13.2 Å². The standard InChI is InChI=1S/C21H24F3N3O2/c22-21(23,24)17-8-4-7-15(11-17)19-25-20(29-26-19)16-12-27(13-16)18(28)10-9-14-5-2-1-3-6-14/h4,7-8,11,14,16H,1-3,5-6,9-10,12-13H2. The lowest BCUT2D eigenvalue weighted by molar-refractivity contribution is -0.138. The van der Waals surface area contributed by atoms with E-state index in [0.717, 1.165) is 18.6 Å². The smallest absolute Gasteiger partial charge is 0.341 e. The van der Waals surface area contributed by atoms with E-state index in [1.807, 2.05) is 0 Å². The predicted octanol–water partition coefficient (Wildman–Crippen LogP) is 5.04. The molecule has 1 saturated heterocycles. The van der Waals surface area contributed by atoms with Gasteiger partial charge < -0.3 is 9.42 Å². The van der Waals surface area contributed by atoms with Crippen molar-refractivity contribution in [2.75, 3.05) is 13.1 Å². The van der Waals surface area contributed by atoms with Crippen LogP contribution >= 0.6 is 0 Å². The number of alkyl halides is 3. The zero-order valence-corrected chi connectivity index (χ0v) is 16.1. The van der Waals surface area contributed by atoms with Gasteiger partial charge in [-0.2, -0.15) is 18.2 Å². The zero-order chi connectivity index (χ0) is 20.4. The molecule has 2 aliphatic rings. The van der Waals surface area contributed by atoms with Crippen molar-refractivity contribution < 1.29 is 22.5 Å². The summed E-state index contributed by atoms with van der Waals surface area (Å²) in [6.07, 6.45) is 3.44. The fourth-order valence-electron chi connectivity index (χ4n) is 4.15. The van der Waals surface area contributed by atoms with E-state index in [1.54, 1.807) is 4.90 Å². The maximum Gasteiger partial charge on any atom is 0.416 e. The monoisotopic (exact) mass is 407 g/mol. The quantitative estimate of drug-likeness (QED) is 0.697. The van der Waals surface area contributed by atoms with Gasteiger partial charge in [0.05, 0.1) is 11.5 Å². The second-order valence-electron chi connectivity index (χ2n) is 8.07. The molecular weight excluding hydrogens is 383 g/mol. The Morgan fingerprint density at radius 3 is 2.66 bits per heavy atom. The molecule has 0 unspecified atom stereocenters. The van der Waals surface area contributed by atoms with E-state index >= 15 is 0 Å². The number of halogens is 3. The first kappa shape index (κ1) is 19.9. The first-order chi connectivity index (χ1) is 13.9. The number of amides is 1. The number of carbonyl (C=O) groups is 1. The van der Waals surface area contributed by atoms with E-state index in [2.05, 4.69) is 10.1 Å². The van der Waals surface area contributed by atoms with E-state index in [0.29, 0.717) is 31.3 Å². The molecule has 1 aliphatic carbocycles. The maximum atomic E-state index is 12.9. The number of aromatic nitrogens is 2. The number of nitrogens with zero attached hydrogens (tertiary/aromatic N) is 3. The van der Waals surface area contributed by atoms with Crippen LogP contribution in [-0.4, -0.2) is 34.0 Å². The van der Waals surface area contributed by atoms with Gasteiger partial charge in [-0.1, -0.05) is 49.4 Å². The van der Waals surface area contributed by atoms with Crippen molar-refractivity contribution in [2.24, 2.45) is 5.92 Å². The average molecular weight is 407 g/mol. The summed E-state index contributed by atoms with van der Waals surface area (Å²) in [5.41, 5.74) is -0.491. The van der Waals surface area contributed by atoms with E-state index in [1.165, 1.54) is 44.2 Å². The summed E-state index contributed by atoms with van der Waals surface area (Å²) >= 11 is 0. The molecule has 4 rings (SSSR count). The highest BCUT2D eigenvalue weighted by molar-refractivity contribution is 5.77. The van der Waals surface area contributed by atoms with Crippen LogP contribution in [0.1, 0.15) is 62.3 Å². The molecule has 1 aliphatic heterocycles. The number of likely N-dealkylation sites (tertiary alicyclic amines) is 1. The summed E-state index contributed by atoms with van der Waals surface area (Å²) in [6, 6.07) is 4.86. The summed E-state index contributed by atoms with van der Waals surface area (Å²) in [7, 11) is 0. The molecule has 0 bridgehead atoms. The summed E-state index contributed by atoms with van der Waals surface area (Å²) < 4.78 is 43.9. The van der Waals surface area contributed by atoms with Gasteiger partial charge in [0.25, 0.3) is 0 Å². The Kier molecular flexibility index (Phi) is 5.61. The third kappa shape index (κ3) is 4.62. The number of rotatable bonds is 5. The SMILES string of the molecule is O=C(CCC1CCCCC1)N1CC(c2nc(-c3cccc(C(F)(F)F)c3)no2)C1. The number of carbonyl (C=O) groups excluding carboxylic acids is 1. The van der Waals surface area contributed by atoms with Crippen LogP contribution in [0, 0.1) is 5.92 Å². The lowest BCUT2D eigenvalue weighted by atomic mass is 9.86. The highest BCUT2D eigenvalue weighted by atomic mass is 19.4. The molecule has 1 saturated carbocycles.